The van der Waals surface area contributed by atoms with E-state index in [1.165, 1.54) is 0 Å². The Labute approximate surface area is 169 Å². The van der Waals surface area contributed by atoms with Gasteiger partial charge in [-0.1, -0.05) is 0 Å². The number of halogens is 2. The molecule has 1 aromatic rings. The standard InChI is InChI=1S/C22H29F2NO4/c23-22(24)5-3-14(4-6-22)10-25-11-15-7-18(26)20(8-16(15)12-25)29-17-1-2-19-21(9-17)28-13-27-19/h1-2,9,14-16,18,20,26H,3-8,10-13H2/t15-,16+,18+,20+/m0/s1. The maximum atomic E-state index is 13.4. The Morgan fingerprint density at radius 3 is 2.59 bits per heavy atom. The number of aliphatic hydroxyl groups is 1. The second-order valence-corrected chi connectivity index (χ2v) is 9.25. The van der Waals surface area contributed by atoms with E-state index in [0.29, 0.717) is 47.8 Å². The maximum Gasteiger partial charge on any atom is 0.248 e. The van der Waals surface area contributed by atoms with E-state index in [-0.39, 0.29) is 25.7 Å². The SMILES string of the molecule is O[C@@H]1C[C@H]2CN(CC3CCC(F)(F)CC3)C[C@H]2C[C@H]1Oc1ccc2c(c1)OCO2. The van der Waals surface area contributed by atoms with Gasteiger partial charge in [0, 0.05) is 38.5 Å². The number of fused-ring (bicyclic) bond motifs is 2. The summed E-state index contributed by atoms with van der Waals surface area (Å²) >= 11 is 0. The Morgan fingerprint density at radius 2 is 1.79 bits per heavy atom. The van der Waals surface area contributed by atoms with Crippen LogP contribution in [0.4, 0.5) is 8.78 Å². The molecule has 4 aliphatic rings. The van der Waals surface area contributed by atoms with E-state index in [9.17, 15) is 13.9 Å². The number of rotatable bonds is 4. The Bertz CT molecular complexity index is 736. The lowest BCUT2D eigenvalue weighted by molar-refractivity contribution is -0.0484. The summed E-state index contributed by atoms with van der Waals surface area (Å²) in [7, 11) is 0. The number of hydrogen-bond donors (Lipinski definition) is 1. The second kappa shape index (κ2) is 7.58. The normalized spacial score (nSPS) is 34.2. The average Bonchev–Trinajstić information content (AvgIpc) is 3.29. The molecule has 1 aromatic carbocycles. The van der Waals surface area contributed by atoms with Gasteiger partial charge < -0.3 is 24.2 Å². The van der Waals surface area contributed by atoms with Crippen LogP contribution in [0.25, 0.3) is 0 Å². The van der Waals surface area contributed by atoms with Crippen molar-refractivity contribution in [3.63, 3.8) is 0 Å². The summed E-state index contributed by atoms with van der Waals surface area (Å²) in [6.07, 6.45) is 2.14. The number of aliphatic hydroxyl groups excluding tert-OH is 1. The lowest BCUT2D eigenvalue weighted by atomic mass is 9.78. The lowest BCUT2D eigenvalue weighted by Crippen LogP contribution is -2.42. The Balaban J connectivity index is 1.16. The fourth-order valence-electron chi connectivity index (χ4n) is 5.54. The molecule has 5 rings (SSSR count). The molecule has 7 heteroatoms. The van der Waals surface area contributed by atoms with Crippen LogP contribution in [-0.2, 0) is 0 Å². The predicted octanol–water partition coefficient (Wildman–Crippen LogP) is 3.69. The predicted molar refractivity (Wildman–Crippen MR) is 103 cm³/mol. The van der Waals surface area contributed by atoms with Gasteiger partial charge in [0.1, 0.15) is 11.9 Å². The number of benzene rings is 1. The smallest absolute Gasteiger partial charge is 0.248 e. The molecule has 4 atom stereocenters. The van der Waals surface area contributed by atoms with Crippen LogP contribution in [0.2, 0.25) is 0 Å². The zero-order valence-electron chi connectivity index (χ0n) is 16.6. The molecule has 29 heavy (non-hydrogen) atoms. The number of nitrogens with zero attached hydrogens (tertiary/aromatic N) is 1. The largest absolute Gasteiger partial charge is 0.488 e. The van der Waals surface area contributed by atoms with Crippen LogP contribution in [0.3, 0.4) is 0 Å². The molecule has 3 fully saturated rings. The van der Waals surface area contributed by atoms with Crippen LogP contribution in [-0.4, -0.2) is 54.6 Å². The van der Waals surface area contributed by atoms with Gasteiger partial charge in [-0.2, -0.15) is 0 Å². The molecule has 1 N–H and O–H groups in total. The highest BCUT2D eigenvalue weighted by Gasteiger charge is 2.44. The fourth-order valence-corrected chi connectivity index (χ4v) is 5.54. The quantitative estimate of drug-likeness (QED) is 0.822. The van der Waals surface area contributed by atoms with Gasteiger partial charge >= 0.3 is 0 Å². The van der Waals surface area contributed by atoms with E-state index in [2.05, 4.69) is 4.90 Å². The first-order chi connectivity index (χ1) is 13.9. The van der Waals surface area contributed by atoms with Crippen LogP contribution in [0.5, 0.6) is 17.2 Å². The van der Waals surface area contributed by atoms with Crippen molar-refractivity contribution >= 4 is 0 Å². The summed E-state index contributed by atoms with van der Waals surface area (Å²) in [6.45, 7) is 3.08. The van der Waals surface area contributed by atoms with Crippen molar-refractivity contribution in [3.05, 3.63) is 18.2 Å². The molecular weight excluding hydrogens is 380 g/mol. The molecule has 0 radical (unpaired) electrons. The van der Waals surface area contributed by atoms with Gasteiger partial charge in [-0.05, 0) is 55.6 Å². The molecule has 2 aliphatic heterocycles. The molecule has 0 unspecified atom stereocenters. The van der Waals surface area contributed by atoms with E-state index in [0.717, 1.165) is 32.5 Å². The van der Waals surface area contributed by atoms with Crippen LogP contribution >= 0.6 is 0 Å². The van der Waals surface area contributed by atoms with Crippen molar-refractivity contribution < 1.29 is 28.1 Å². The highest BCUT2D eigenvalue weighted by molar-refractivity contribution is 5.47. The number of likely N-dealkylation sites (tertiary alicyclic amines) is 1. The summed E-state index contributed by atoms with van der Waals surface area (Å²) in [6, 6.07) is 5.51. The van der Waals surface area contributed by atoms with E-state index in [1.54, 1.807) is 0 Å². The van der Waals surface area contributed by atoms with E-state index in [1.807, 2.05) is 18.2 Å². The molecule has 2 heterocycles. The average molecular weight is 409 g/mol. The van der Waals surface area contributed by atoms with Crippen LogP contribution < -0.4 is 14.2 Å². The van der Waals surface area contributed by atoms with Crippen molar-refractivity contribution in [1.82, 2.24) is 4.90 Å². The van der Waals surface area contributed by atoms with Crippen LogP contribution in [0.15, 0.2) is 18.2 Å². The van der Waals surface area contributed by atoms with Crippen molar-refractivity contribution in [3.8, 4) is 17.2 Å². The molecular formula is C22H29F2NO4. The van der Waals surface area contributed by atoms with Gasteiger partial charge in [0.2, 0.25) is 12.7 Å². The summed E-state index contributed by atoms with van der Waals surface area (Å²) in [5.41, 5.74) is 0. The highest BCUT2D eigenvalue weighted by Crippen LogP contribution is 2.42. The molecule has 0 amide bonds. The minimum atomic E-state index is -2.46. The third kappa shape index (κ3) is 4.17. The summed E-state index contributed by atoms with van der Waals surface area (Å²) in [4.78, 5) is 2.43. The second-order valence-electron chi connectivity index (χ2n) is 9.25. The van der Waals surface area contributed by atoms with Crippen LogP contribution in [0, 0.1) is 17.8 Å². The molecule has 0 aromatic heterocycles. The number of ether oxygens (including phenoxy) is 3. The Hall–Kier alpha value is -1.60. The van der Waals surface area contributed by atoms with Gasteiger partial charge in [0.05, 0.1) is 6.10 Å². The maximum absolute atomic E-state index is 13.4. The van der Waals surface area contributed by atoms with Crippen molar-refractivity contribution in [1.29, 1.82) is 0 Å². The third-order valence-electron chi connectivity index (χ3n) is 7.15. The van der Waals surface area contributed by atoms with E-state index in [4.69, 9.17) is 14.2 Å². The lowest BCUT2D eigenvalue weighted by Gasteiger charge is -2.35. The van der Waals surface area contributed by atoms with Gasteiger partial charge in [0.25, 0.3) is 0 Å². The van der Waals surface area contributed by atoms with Crippen molar-refractivity contribution in [2.24, 2.45) is 17.8 Å². The van der Waals surface area contributed by atoms with Crippen LogP contribution in [0.1, 0.15) is 38.5 Å². The Kier molecular flexibility index (Phi) is 5.06. The third-order valence-corrected chi connectivity index (χ3v) is 7.15. The Morgan fingerprint density at radius 1 is 1.07 bits per heavy atom. The first-order valence-electron chi connectivity index (χ1n) is 10.8. The summed E-state index contributed by atoms with van der Waals surface area (Å²) in [5, 5.41) is 10.7. The highest BCUT2D eigenvalue weighted by atomic mass is 19.3. The number of hydrogen-bond acceptors (Lipinski definition) is 5. The number of alkyl halides is 2. The van der Waals surface area contributed by atoms with Gasteiger partial charge in [-0.15, -0.1) is 0 Å². The van der Waals surface area contributed by atoms with Gasteiger partial charge in [-0.25, -0.2) is 8.78 Å². The molecule has 5 nitrogen and oxygen atoms in total. The monoisotopic (exact) mass is 409 g/mol. The van der Waals surface area contributed by atoms with Crippen molar-refractivity contribution in [2.45, 2.75) is 56.7 Å². The van der Waals surface area contributed by atoms with Gasteiger partial charge in [-0.3, -0.25) is 0 Å². The molecule has 1 saturated heterocycles. The van der Waals surface area contributed by atoms with Crippen molar-refractivity contribution in [2.75, 3.05) is 26.4 Å². The molecule has 0 spiro atoms. The summed E-state index contributed by atoms with van der Waals surface area (Å²) in [5.74, 6) is 0.951. The zero-order chi connectivity index (χ0) is 20.0. The fraction of sp³-hybridized carbons (Fsp3) is 0.727. The molecule has 160 valence electrons. The first kappa shape index (κ1) is 19.4. The minimum absolute atomic E-state index is 0.0303. The molecule has 0 bridgehead atoms. The zero-order valence-corrected chi connectivity index (χ0v) is 16.6. The van der Waals surface area contributed by atoms with E-state index >= 15 is 0 Å². The molecule has 2 saturated carbocycles. The van der Waals surface area contributed by atoms with E-state index < -0.39 is 12.0 Å². The summed E-state index contributed by atoms with van der Waals surface area (Å²) < 4.78 is 43.7. The van der Waals surface area contributed by atoms with Gasteiger partial charge in [0.15, 0.2) is 11.5 Å². The topological polar surface area (TPSA) is 51.2 Å². The first-order valence-corrected chi connectivity index (χ1v) is 10.8. The molecule has 2 aliphatic carbocycles. The minimum Gasteiger partial charge on any atom is -0.488 e.